The van der Waals surface area contributed by atoms with E-state index in [-0.39, 0.29) is 0 Å². The quantitative estimate of drug-likeness (QED) is 0.775. The minimum Gasteiger partial charge on any atom is -0.301 e. The highest BCUT2D eigenvalue weighted by Gasteiger charge is 2.27. The second-order valence-corrected chi connectivity index (χ2v) is 7.75. The van der Waals surface area contributed by atoms with Crippen LogP contribution >= 0.6 is 0 Å². The van der Waals surface area contributed by atoms with Crippen LogP contribution in [0, 0.1) is 11.8 Å². The average Bonchev–Trinajstić information content (AvgIpc) is 2.50. The molecule has 0 aromatic heterocycles. The molecule has 3 aliphatic rings. The van der Waals surface area contributed by atoms with Crippen LogP contribution in [-0.2, 0) is 0 Å². The molecular formula is C18H34N2. The fourth-order valence-corrected chi connectivity index (χ4v) is 4.65. The number of nitrogens with zero attached hydrogens (tertiary/aromatic N) is 2. The van der Waals surface area contributed by atoms with Crippen LogP contribution in [0.5, 0.6) is 0 Å². The highest BCUT2D eigenvalue weighted by Crippen LogP contribution is 2.28. The molecular weight excluding hydrogens is 244 g/mol. The Bertz CT molecular complexity index is 269. The van der Waals surface area contributed by atoms with Crippen molar-refractivity contribution in [1.29, 1.82) is 0 Å². The molecule has 2 heteroatoms. The molecule has 0 amide bonds. The summed E-state index contributed by atoms with van der Waals surface area (Å²) in [5, 5.41) is 0. The molecule has 0 spiro atoms. The summed E-state index contributed by atoms with van der Waals surface area (Å²) in [5.74, 6) is 2.00. The van der Waals surface area contributed by atoms with Crippen molar-refractivity contribution in [3.8, 4) is 0 Å². The van der Waals surface area contributed by atoms with E-state index in [1.807, 2.05) is 0 Å². The van der Waals surface area contributed by atoms with Crippen molar-refractivity contribution < 1.29 is 0 Å². The summed E-state index contributed by atoms with van der Waals surface area (Å²) < 4.78 is 0. The number of piperazine rings is 1. The molecule has 0 aromatic carbocycles. The minimum atomic E-state index is 0.919. The Morgan fingerprint density at radius 2 is 1.40 bits per heavy atom. The zero-order valence-electron chi connectivity index (χ0n) is 13.5. The van der Waals surface area contributed by atoms with Crippen molar-refractivity contribution in [2.24, 2.45) is 11.8 Å². The van der Waals surface area contributed by atoms with Crippen molar-refractivity contribution in [2.75, 3.05) is 32.7 Å². The molecule has 3 fully saturated rings. The summed E-state index contributed by atoms with van der Waals surface area (Å²) in [7, 11) is 0. The summed E-state index contributed by atoms with van der Waals surface area (Å²) in [6.45, 7) is 9.18. The molecule has 0 radical (unpaired) electrons. The molecule has 20 heavy (non-hydrogen) atoms. The van der Waals surface area contributed by atoms with Gasteiger partial charge in [0.15, 0.2) is 0 Å². The van der Waals surface area contributed by atoms with E-state index >= 15 is 0 Å². The van der Waals surface area contributed by atoms with Crippen LogP contribution in [0.2, 0.25) is 0 Å². The van der Waals surface area contributed by atoms with E-state index in [1.54, 1.807) is 0 Å². The molecule has 1 aliphatic heterocycles. The maximum absolute atomic E-state index is 2.81. The van der Waals surface area contributed by atoms with E-state index < -0.39 is 0 Å². The lowest BCUT2D eigenvalue weighted by Crippen LogP contribution is -2.51. The molecule has 1 saturated heterocycles. The first-order valence-corrected chi connectivity index (χ1v) is 9.27. The predicted octanol–water partition coefficient (Wildman–Crippen LogP) is 3.76. The molecule has 0 unspecified atom stereocenters. The van der Waals surface area contributed by atoms with Crippen LogP contribution in [0.3, 0.4) is 0 Å². The van der Waals surface area contributed by atoms with Crippen molar-refractivity contribution in [3.63, 3.8) is 0 Å². The summed E-state index contributed by atoms with van der Waals surface area (Å²) >= 11 is 0. The first-order chi connectivity index (χ1) is 9.81. The molecule has 0 bridgehead atoms. The van der Waals surface area contributed by atoms with Crippen LogP contribution < -0.4 is 0 Å². The Balaban J connectivity index is 1.38. The van der Waals surface area contributed by atoms with Crippen LogP contribution in [0.1, 0.15) is 64.7 Å². The van der Waals surface area contributed by atoms with Crippen LogP contribution in [0.4, 0.5) is 0 Å². The van der Waals surface area contributed by atoms with Crippen molar-refractivity contribution in [3.05, 3.63) is 0 Å². The molecule has 0 N–H and O–H groups in total. The standard InChI is InChI=1S/C18H34N2/c1-16-7-9-18(10-8-16)20-13-11-19(12-14-20)15-17-5-3-2-4-6-17/h16-18H,2-15H2,1H3. The highest BCUT2D eigenvalue weighted by atomic mass is 15.3. The molecule has 0 atom stereocenters. The Kier molecular flexibility index (Phi) is 5.39. The Morgan fingerprint density at radius 3 is 2.05 bits per heavy atom. The van der Waals surface area contributed by atoms with Gasteiger partial charge in [-0.2, -0.15) is 0 Å². The summed E-state index contributed by atoms with van der Waals surface area (Å²) in [6, 6.07) is 0.919. The molecule has 2 saturated carbocycles. The second kappa shape index (κ2) is 7.26. The largest absolute Gasteiger partial charge is 0.301 e. The molecule has 1 heterocycles. The topological polar surface area (TPSA) is 6.48 Å². The maximum Gasteiger partial charge on any atom is 0.0113 e. The van der Waals surface area contributed by atoms with Gasteiger partial charge < -0.3 is 4.90 Å². The molecule has 0 aromatic rings. The zero-order valence-corrected chi connectivity index (χ0v) is 13.5. The van der Waals surface area contributed by atoms with Crippen molar-refractivity contribution >= 4 is 0 Å². The smallest absolute Gasteiger partial charge is 0.0113 e. The van der Waals surface area contributed by atoms with Gasteiger partial charge in [-0.25, -0.2) is 0 Å². The van der Waals surface area contributed by atoms with Gasteiger partial charge in [0.1, 0.15) is 0 Å². The number of hydrogen-bond acceptors (Lipinski definition) is 2. The lowest BCUT2D eigenvalue weighted by molar-refractivity contribution is 0.0615. The first-order valence-electron chi connectivity index (χ1n) is 9.27. The van der Waals surface area contributed by atoms with Gasteiger partial charge in [0, 0.05) is 38.8 Å². The normalized spacial score (nSPS) is 35.2. The molecule has 116 valence electrons. The van der Waals surface area contributed by atoms with Gasteiger partial charge >= 0.3 is 0 Å². The van der Waals surface area contributed by atoms with E-state index in [1.165, 1.54) is 90.5 Å². The van der Waals surface area contributed by atoms with Crippen LogP contribution in [-0.4, -0.2) is 48.6 Å². The average molecular weight is 278 g/mol. The first kappa shape index (κ1) is 14.8. The Hall–Kier alpha value is -0.0800. The summed E-state index contributed by atoms with van der Waals surface area (Å²) in [6.07, 6.45) is 13.3. The number of hydrogen-bond donors (Lipinski definition) is 0. The number of rotatable bonds is 3. The lowest BCUT2D eigenvalue weighted by atomic mass is 9.86. The SMILES string of the molecule is CC1CCC(N2CCN(CC3CCCCC3)CC2)CC1. The lowest BCUT2D eigenvalue weighted by Gasteiger charge is -2.42. The van der Waals surface area contributed by atoms with Gasteiger partial charge in [-0.15, -0.1) is 0 Å². The maximum atomic E-state index is 2.81. The summed E-state index contributed by atoms with van der Waals surface area (Å²) in [5.41, 5.74) is 0. The fraction of sp³-hybridized carbons (Fsp3) is 1.00. The third kappa shape index (κ3) is 3.98. The highest BCUT2D eigenvalue weighted by molar-refractivity contribution is 4.83. The third-order valence-corrected chi connectivity index (χ3v) is 6.15. The third-order valence-electron chi connectivity index (χ3n) is 6.15. The van der Waals surface area contributed by atoms with E-state index in [0.717, 1.165) is 17.9 Å². The fourth-order valence-electron chi connectivity index (χ4n) is 4.65. The van der Waals surface area contributed by atoms with Crippen molar-refractivity contribution in [1.82, 2.24) is 9.80 Å². The second-order valence-electron chi connectivity index (χ2n) is 7.75. The molecule has 3 rings (SSSR count). The predicted molar refractivity (Wildman–Crippen MR) is 86.0 cm³/mol. The van der Waals surface area contributed by atoms with E-state index in [2.05, 4.69) is 16.7 Å². The van der Waals surface area contributed by atoms with Gasteiger partial charge in [0.05, 0.1) is 0 Å². The van der Waals surface area contributed by atoms with Crippen molar-refractivity contribution in [2.45, 2.75) is 70.8 Å². The van der Waals surface area contributed by atoms with Gasteiger partial charge in [-0.05, 0) is 50.4 Å². The van der Waals surface area contributed by atoms with E-state index in [4.69, 9.17) is 0 Å². The monoisotopic (exact) mass is 278 g/mol. The van der Waals surface area contributed by atoms with Gasteiger partial charge in [0.2, 0.25) is 0 Å². The zero-order chi connectivity index (χ0) is 13.8. The Morgan fingerprint density at radius 1 is 0.750 bits per heavy atom. The van der Waals surface area contributed by atoms with Gasteiger partial charge in [-0.1, -0.05) is 26.2 Å². The molecule has 2 nitrogen and oxygen atoms in total. The molecule has 2 aliphatic carbocycles. The van der Waals surface area contributed by atoms with Gasteiger partial charge in [0.25, 0.3) is 0 Å². The van der Waals surface area contributed by atoms with E-state index in [9.17, 15) is 0 Å². The van der Waals surface area contributed by atoms with Crippen LogP contribution in [0.25, 0.3) is 0 Å². The summed E-state index contributed by atoms with van der Waals surface area (Å²) in [4.78, 5) is 5.57. The van der Waals surface area contributed by atoms with Gasteiger partial charge in [-0.3, -0.25) is 4.90 Å². The Labute approximate surface area is 125 Å². The van der Waals surface area contributed by atoms with E-state index in [0.29, 0.717) is 0 Å². The van der Waals surface area contributed by atoms with Crippen LogP contribution in [0.15, 0.2) is 0 Å². The minimum absolute atomic E-state index is 0.919.